The van der Waals surface area contributed by atoms with E-state index >= 15 is 0 Å². The minimum absolute atomic E-state index is 0.0484. The monoisotopic (exact) mass is 326 g/mol. The van der Waals surface area contributed by atoms with Gasteiger partial charge >= 0.3 is 0 Å². The maximum atomic E-state index is 12.4. The molecule has 1 N–H and O–H groups in total. The number of hydrogen-bond acceptors (Lipinski definition) is 4. The molecule has 0 spiro atoms. The lowest BCUT2D eigenvalue weighted by atomic mass is 10.2. The number of nitrogens with zero attached hydrogens (tertiary/aromatic N) is 3. The van der Waals surface area contributed by atoms with Crippen molar-refractivity contribution < 1.29 is 4.79 Å². The van der Waals surface area contributed by atoms with Crippen molar-refractivity contribution in [2.75, 3.05) is 18.4 Å². The number of benzene rings is 1. The van der Waals surface area contributed by atoms with E-state index in [0.717, 1.165) is 12.1 Å². The molecule has 1 atom stereocenters. The van der Waals surface area contributed by atoms with Crippen LogP contribution in [0, 0.1) is 11.3 Å². The van der Waals surface area contributed by atoms with Crippen molar-refractivity contribution in [3.63, 3.8) is 0 Å². The second-order valence-corrected chi connectivity index (χ2v) is 5.81. The summed E-state index contributed by atoms with van der Waals surface area (Å²) in [6, 6.07) is 12.8. The zero-order chi connectivity index (χ0) is 16.2. The summed E-state index contributed by atoms with van der Waals surface area (Å²) in [5.74, 6) is -0.0484. The number of aromatic nitrogens is 1. The summed E-state index contributed by atoms with van der Waals surface area (Å²) in [6.45, 7) is 1.31. The van der Waals surface area contributed by atoms with E-state index in [1.807, 2.05) is 18.2 Å². The van der Waals surface area contributed by atoms with Gasteiger partial charge in [-0.2, -0.15) is 5.26 Å². The number of amides is 1. The number of nitriles is 1. The van der Waals surface area contributed by atoms with Gasteiger partial charge in [-0.3, -0.25) is 9.78 Å². The Labute approximate surface area is 139 Å². The number of carbonyl (C=O) groups excluding carboxylic acids is 1. The molecule has 116 valence electrons. The van der Waals surface area contributed by atoms with Crippen LogP contribution in [-0.4, -0.2) is 34.9 Å². The van der Waals surface area contributed by atoms with Crippen LogP contribution in [-0.2, 0) is 0 Å². The van der Waals surface area contributed by atoms with Gasteiger partial charge in [0.15, 0.2) is 0 Å². The van der Waals surface area contributed by atoms with Crippen molar-refractivity contribution in [3.05, 3.63) is 58.9 Å². The van der Waals surface area contributed by atoms with Crippen molar-refractivity contribution in [1.82, 2.24) is 9.88 Å². The molecule has 1 aliphatic rings. The zero-order valence-corrected chi connectivity index (χ0v) is 13.1. The first-order valence-electron chi connectivity index (χ1n) is 7.34. The summed E-state index contributed by atoms with van der Waals surface area (Å²) < 4.78 is 0. The molecular weight excluding hydrogens is 312 g/mol. The smallest absolute Gasteiger partial charge is 0.272 e. The van der Waals surface area contributed by atoms with Gasteiger partial charge < -0.3 is 10.2 Å². The molecule has 0 aliphatic carbocycles. The highest BCUT2D eigenvalue weighted by atomic mass is 35.5. The van der Waals surface area contributed by atoms with Crippen LogP contribution < -0.4 is 5.32 Å². The summed E-state index contributed by atoms with van der Waals surface area (Å²) in [7, 11) is 0. The van der Waals surface area contributed by atoms with Gasteiger partial charge in [-0.05, 0) is 36.8 Å². The van der Waals surface area contributed by atoms with Crippen molar-refractivity contribution in [3.8, 4) is 6.07 Å². The van der Waals surface area contributed by atoms with Crippen LogP contribution in [0.15, 0.2) is 42.6 Å². The molecule has 2 heterocycles. The highest BCUT2D eigenvalue weighted by Crippen LogP contribution is 2.23. The predicted molar refractivity (Wildman–Crippen MR) is 88.3 cm³/mol. The molecule has 1 unspecified atom stereocenters. The number of likely N-dealkylation sites (tertiary alicyclic amines) is 1. The van der Waals surface area contributed by atoms with Gasteiger partial charge in [-0.25, -0.2) is 0 Å². The van der Waals surface area contributed by atoms with E-state index in [1.54, 1.807) is 35.4 Å². The normalized spacial score (nSPS) is 16.9. The Kier molecular flexibility index (Phi) is 4.45. The number of carbonyl (C=O) groups is 1. The number of nitrogens with one attached hydrogen (secondary N) is 1. The highest BCUT2D eigenvalue weighted by molar-refractivity contribution is 6.32. The first-order chi connectivity index (χ1) is 11.2. The number of pyridine rings is 1. The van der Waals surface area contributed by atoms with E-state index < -0.39 is 0 Å². The molecule has 1 aliphatic heterocycles. The van der Waals surface area contributed by atoms with Crippen LogP contribution in [0.1, 0.15) is 22.5 Å². The SMILES string of the molecule is N#Cc1ccc(NC2CCN(C(=O)c3ccccn3)C2)cc1Cl. The fourth-order valence-electron chi connectivity index (χ4n) is 2.65. The first kappa shape index (κ1) is 15.3. The van der Waals surface area contributed by atoms with Gasteiger partial charge in [0.25, 0.3) is 5.91 Å². The van der Waals surface area contributed by atoms with E-state index in [2.05, 4.69) is 10.3 Å². The van der Waals surface area contributed by atoms with Crippen molar-refractivity contribution >= 4 is 23.2 Å². The van der Waals surface area contributed by atoms with Crippen LogP contribution in [0.5, 0.6) is 0 Å². The van der Waals surface area contributed by atoms with Crippen LogP contribution in [0.3, 0.4) is 0 Å². The molecule has 1 amide bonds. The highest BCUT2D eigenvalue weighted by Gasteiger charge is 2.27. The summed E-state index contributed by atoms with van der Waals surface area (Å²) in [4.78, 5) is 18.3. The molecule has 1 fully saturated rings. The Morgan fingerprint density at radius 3 is 2.96 bits per heavy atom. The lowest BCUT2D eigenvalue weighted by molar-refractivity contribution is 0.0786. The van der Waals surface area contributed by atoms with Crippen LogP contribution in [0.2, 0.25) is 5.02 Å². The van der Waals surface area contributed by atoms with Crippen LogP contribution in [0.25, 0.3) is 0 Å². The molecule has 6 heteroatoms. The largest absolute Gasteiger partial charge is 0.380 e. The van der Waals surface area contributed by atoms with Gasteiger partial charge in [-0.1, -0.05) is 17.7 Å². The van der Waals surface area contributed by atoms with E-state index in [-0.39, 0.29) is 11.9 Å². The maximum absolute atomic E-state index is 12.4. The molecule has 23 heavy (non-hydrogen) atoms. The molecule has 3 rings (SSSR count). The van der Waals surface area contributed by atoms with Crippen molar-refractivity contribution in [1.29, 1.82) is 5.26 Å². The number of anilines is 1. The fourth-order valence-corrected chi connectivity index (χ4v) is 2.87. The third kappa shape index (κ3) is 3.43. The van der Waals surface area contributed by atoms with Gasteiger partial charge in [0, 0.05) is 31.0 Å². The van der Waals surface area contributed by atoms with Crippen molar-refractivity contribution in [2.45, 2.75) is 12.5 Å². The summed E-state index contributed by atoms with van der Waals surface area (Å²) in [6.07, 6.45) is 2.48. The topological polar surface area (TPSA) is 69.0 Å². The average molecular weight is 327 g/mol. The molecule has 5 nitrogen and oxygen atoms in total. The Hall–Kier alpha value is -2.58. The van der Waals surface area contributed by atoms with E-state index in [9.17, 15) is 4.79 Å². The lowest BCUT2D eigenvalue weighted by Crippen LogP contribution is -2.32. The van der Waals surface area contributed by atoms with Crippen molar-refractivity contribution in [2.24, 2.45) is 0 Å². The van der Waals surface area contributed by atoms with E-state index in [0.29, 0.717) is 29.4 Å². The summed E-state index contributed by atoms with van der Waals surface area (Å²) in [5, 5.41) is 12.7. The maximum Gasteiger partial charge on any atom is 0.272 e. The second-order valence-electron chi connectivity index (χ2n) is 5.40. The van der Waals surface area contributed by atoms with Crippen LogP contribution in [0.4, 0.5) is 5.69 Å². The average Bonchev–Trinajstić information content (AvgIpc) is 3.03. The third-order valence-corrected chi connectivity index (χ3v) is 4.13. The Balaban J connectivity index is 1.63. The predicted octanol–water partition coefficient (Wildman–Crippen LogP) is 2.93. The quantitative estimate of drug-likeness (QED) is 0.941. The molecular formula is C17H15ClN4O. The van der Waals surface area contributed by atoms with Gasteiger partial charge in [-0.15, -0.1) is 0 Å². The summed E-state index contributed by atoms with van der Waals surface area (Å²) >= 11 is 6.04. The third-order valence-electron chi connectivity index (χ3n) is 3.82. The minimum Gasteiger partial charge on any atom is -0.380 e. The molecule has 2 aromatic rings. The second kappa shape index (κ2) is 6.67. The molecule has 0 saturated carbocycles. The Bertz CT molecular complexity index is 757. The lowest BCUT2D eigenvalue weighted by Gasteiger charge is -2.17. The number of hydrogen-bond donors (Lipinski definition) is 1. The zero-order valence-electron chi connectivity index (χ0n) is 12.4. The molecule has 1 aromatic carbocycles. The number of halogens is 1. The van der Waals surface area contributed by atoms with E-state index in [4.69, 9.17) is 16.9 Å². The Morgan fingerprint density at radius 2 is 2.26 bits per heavy atom. The molecule has 1 aromatic heterocycles. The minimum atomic E-state index is -0.0484. The van der Waals surface area contributed by atoms with Gasteiger partial charge in [0.2, 0.25) is 0 Å². The molecule has 0 radical (unpaired) electrons. The molecule has 0 bridgehead atoms. The number of rotatable bonds is 3. The first-order valence-corrected chi connectivity index (χ1v) is 7.71. The van der Waals surface area contributed by atoms with E-state index in [1.165, 1.54) is 0 Å². The summed E-state index contributed by atoms with van der Waals surface area (Å²) in [5.41, 5.74) is 1.77. The molecule has 1 saturated heterocycles. The van der Waals surface area contributed by atoms with Gasteiger partial charge in [0.05, 0.1) is 10.6 Å². The van der Waals surface area contributed by atoms with Gasteiger partial charge in [0.1, 0.15) is 11.8 Å². The Morgan fingerprint density at radius 1 is 1.39 bits per heavy atom. The fraction of sp³-hybridized carbons (Fsp3) is 0.235. The van der Waals surface area contributed by atoms with Crippen LogP contribution >= 0.6 is 11.6 Å². The standard InChI is InChI=1S/C17H15ClN4O/c18-15-9-13(5-4-12(15)10-19)21-14-6-8-22(11-14)17(23)16-3-1-2-7-20-16/h1-5,7,9,14,21H,6,8,11H2.